The highest BCUT2D eigenvalue weighted by atomic mass is 32.1. The van der Waals surface area contributed by atoms with Crippen LogP contribution in [-0.4, -0.2) is 151 Å². The van der Waals surface area contributed by atoms with Crippen LogP contribution in [-0.2, 0) is 47.9 Å². The van der Waals surface area contributed by atoms with E-state index in [9.17, 15) is 63.3 Å². The molecular formula is C27H43N7O16S. The summed E-state index contributed by atoms with van der Waals surface area (Å²) < 4.78 is 0. The van der Waals surface area contributed by atoms with Crippen LogP contribution in [0.25, 0.3) is 0 Å². The Bertz CT molecular complexity index is 1300. The molecule has 0 rings (SSSR count). The lowest BCUT2D eigenvalue weighted by Crippen LogP contribution is -2.60. The monoisotopic (exact) mass is 753 g/mol. The highest BCUT2D eigenvalue weighted by Crippen LogP contribution is 2.05. The van der Waals surface area contributed by atoms with Crippen molar-refractivity contribution < 1.29 is 78.6 Å². The van der Waals surface area contributed by atoms with Crippen molar-refractivity contribution in [2.24, 2.45) is 5.73 Å². The van der Waals surface area contributed by atoms with Gasteiger partial charge in [-0.3, -0.25) is 43.2 Å². The van der Waals surface area contributed by atoms with Crippen LogP contribution in [0.3, 0.4) is 0 Å². The molecule has 6 amide bonds. The third kappa shape index (κ3) is 17.9. The summed E-state index contributed by atoms with van der Waals surface area (Å²) in [7, 11) is 0. The number of nitrogens with one attached hydrogen (secondary N) is 6. The Hall–Kier alpha value is -5.07. The summed E-state index contributed by atoms with van der Waals surface area (Å²) in [5.41, 5.74) is 5.56. The molecule has 0 heterocycles. The number of rotatable bonds is 25. The van der Waals surface area contributed by atoms with Crippen LogP contribution in [0.4, 0.5) is 0 Å². The standard InChI is InChI=1S/C27H43N7O16S/c1-11(29-24(46)15(8-35)33-25(47)16(9-36)32-22(44)12(28)2-5-18(37)38)21(43)34-17(10-51)26(48)30-13(3-6-19(39)40)23(45)31-14(27(49)50)4-7-20(41)42/h11-17,35-36,51H,2-10,28H2,1H3,(H,29,46)(H,30,48)(H,31,45)(H,32,44)(H,33,47)(H,34,43)(H,37,38)(H,39,40)(H,41,42)(H,49,50)/t11-,12-,13-,14-,15-,16-,17-/m0/s1. The van der Waals surface area contributed by atoms with Crippen LogP contribution >= 0.6 is 12.6 Å². The number of aliphatic hydroxyl groups is 2. The lowest BCUT2D eigenvalue weighted by Gasteiger charge is -2.25. The fraction of sp³-hybridized carbons (Fsp3) is 0.630. The van der Waals surface area contributed by atoms with E-state index in [0.717, 1.165) is 6.92 Å². The molecule has 288 valence electrons. The third-order valence-corrected chi connectivity index (χ3v) is 7.11. The molecule has 0 aromatic heterocycles. The molecule has 0 saturated heterocycles. The smallest absolute Gasteiger partial charge is 0.326 e. The number of hydrogen-bond donors (Lipinski definition) is 14. The van der Waals surface area contributed by atoms with Crippen molar-refractivity contribution in [1.29, 1.82) is 0 Å². The number of carbonyl (C=O) groups excluding carboxylic acids is 6. The normalized spacial score (nSPS) is 14.8. The van der Waals surface area contributed by atoms with E-state index in [2.05, 4.69) is 33.9 Å². The van der Waals surface area contributed by atoms with Crippen LogP contribution in [0, 0.1) is 0 Å². The van der Waals surface area contributed by atoms with Crippen LogP contribution < -0.4 is 37.6 Å². The lowest BCUT2D eigenvalue weighted by molar-refractivity contribution is -0.144. The van der Waals surface area contributed by atoms with Crippen molar-refractivity contribution in [3.8, 4) is 0 Å². The van der Waals surface area contributed by atoms with Crippen molar-refractivity contribution in [3.63, 3.8) is 0 Å². The molecule has 23 nitrogen and oxygen atoms in total. The molecule has 0 aromatic carbocycles. The summed E-state index contributed by atoms with van der Waals surface area (Å²) in [5.74, 6) is -12.5. The lowest BCUT2D eigenvalue weighted by atomic mass is 10.1. The van der Waals surface area contributed by atoms with Gasteiger partial charge >= 0.3 is 23.9 Å². The van der Waals surface area contributed by atoms with E-state index in [0.29, 0.717) is 0 Å². The Morgan fingerprint density at radius 2 is 0.863 bits per heavy atom. The summed E-state index contributed by atoms with van der Waals surface area (Å²) in [6, 6.07) is -11.1. The quantitative estimate of drug-likeness (QED) is 0.0386. The van der Waals surface area contributed by atoms with Gasteiger partial charge in [0.1, 0.15) is 36.3 Å². The van der Waals surface area contributed by atoms with Crippen molar-refractivity contribution in [2.45, 2.75) is 87.7 Å². The SMILES string of the molecule is C[C@H](NC(=O)[C@H](CO)NC(=O)[C@H](CO)NC(=O)[C@@H](N)CCC(=O)O)C(=O)N[C@@H](CS)C(=O)N[C@@H](CCC(=O)O)C(=O)N[C@@H](CCC(=O)O)C(=O)O. The number of aliphatic hydroxyl groups excluding tert-OH is 2. The van der Waals surface area contributed by atoms with Crippen LogP contribution in [0.5, 0.6) is 0 Å². The van der Waals surface area contributed by atoms with E-state index in [4.69, 9.17) is 21.1 Å². The van der Waals surface area contributed by atoms with Gasteiger partial charge in [-0.1, -0.05) is 0 Å². The molecule has 0 spiro atoms. The maximum Gasteiger partial charge on any atom is 0.326 e. The van der Waals surface area contributed by atoms with E-state index in [1.54, 1.807) is 0 Å². The van der Waals surface area contributed by atoms with Crippen molar-refractivity contribution in [1.82, 2.24) is 31.9 Å². The Morgan fingerprint density at radius 3 is 1.31 bits per heavy atom. The van der Waals surface area contributed by atoms with Crippen molar-refractivity contribution in [3.05, 3.63) is 0 Å². The summed E-state index contributed by atoms with van der Waals surface area (Å²) in [4.78, 5) is 120. The van der Waals surface area contributed by atoms with E-state index >= 15 is 0 Å². The molecule has 14 N–H and O–H groups in total. The van der Waals surface area contributed by atoms with Gasteiger partial charge in [0, 0.05) is 25.0 Å². The minimum absolute atomic E-state index is 0.289. The molecule has 0 aromatic rings. The molecule has 7 atom stereocenters. The number of amides is 6. The minimum Gasteiger partial charge on any atom is -0.481 e. The Morgan fingerprint density at radius 1 is 0.510 bits per heavy atom. The number of carboxylic acid groups (broad SMARTS) is 4. The number of aliphatic carboxylic acids is 4. The molecule has 0 unspecified atom stereocenters. The fourth-order valence-corrected chi connectivity index (χ4v) is 4.08. The highest BCUT2D eigenvalue weighted by molar-refractivity contribution is 7.80. The van der Waals surface area contributed by atoms with Crippen molar-refractivity contribution in [2.75, 3.05) is 19.0 Å². The second-order valence-corrected chi connectivity index (χ2v) is 11.2. The summed E-state index contributed by atoms with van der Waals surface area (Å²) in [6.45, 7) is -0.881. The first-order valence-corrected chi connectivity index (χ1v) is 15.7. The number of carboxylic acids is 4. The first kappa shape index (κ1) is 45.9. The zero-order valence-electron chi connectivity index (χ0n) is 27.2. The molecule has 0 aliphatic heterocycles. The number of hydrogen-bond acceptors (Lipinski definition) is 14. The summed E-state index contributed by atoms with van der Waals surface area (Å²) in [6.07, 6.45) is -3.11. The summed E-state index contributed by atoms with van der Waals surface area (Å²) >= 11 is 3.97. The molecule has 0 aliphatic carbocycles. The first-order valence-electron chi connectivity index (χ1n) is 15.1. The predicted molar refractivity (Wildman–Crippen MR) is 172 cm³/mol. The van der Waals surface area contributed by atoms with Gasteiger partial charge in [0.2, 0.25) is 35.4 Å². The predicted octanol–water partition coefficient (Wildman–Crippen LogP) is -6.16. The van der Waals surface area contributed by atoms with Gasteiger partial charge in [-0.2, -0.15) is 12.6 Å². The van der Waals surface area contributed by atoms with Crippen LogP contribution in [0.2, 0.25) is 0 Å². The molecular weight excluding hydrogens is 710 g/mol. The average Bonchev–Trinajstić information content (AvgIpc) is 3.06. The number of nitrogens with two attached hydrogens (primary N) is 1. The maximum atomic E-state index is 13.0. The van der Waals surface area contributed by atoms with Crippen LogP contribution in [0.15, 0.2) is 0 Å². The molecule has 0 fully saturated rings. The Labute approximate surface area is 294 Å². The zero-order chi connectivity index (χ0) is 39.4. The molecule has 24 heteroatoms. The second-order valence-electron chi connectivity index (χ2n) is 10.8. The van der Waals surface area contributed by atoms with Gasteiger partial charge in [0.15, 0.2) is 0 Å². The van der Waals surface area contributed by atoms with Gasteiger partial charge in [-0.05, 0) is 26.2 Å². The fourth-order valence-electron chi connectivity index (χ4n) is 3.83. The zero-order valence-corrected chi connectivity index (χ0v) is 28.1. The van der Waals surface area contributed by atoms with Gasteiger partial charge in [-0.25, -0.2) is 4.79 Å². The Kier molecular flexibility index (Phi) is 21.0. The average molecular weight is 754 g/mol. The maximum absolute atomic E-state index is 13.0. The minimum atomic E-state index is -1.73. The first-order chi connectivity index (χ1) is 23.8. The third-order valence-electron chi connectivity index (χ3n) is 6.75. The highest BCUT2D eigenvalue weighted by Gasteiger charge is 2.32. The van der Waals surface area contributed by atoms with Crippen molar-refractivity contribution >= 4 is 71.9 Å². The Balaban J connectivity index is 5.48. The molecule has 51 heavy (non-hydrogen) atoms. The molecule has 0 aliphatic rings. The largest absolute Gasteiger partial charge is 0.481 e. The molecule has 0 saturated carbocycles. The van der Waals surface area contributed by atoms with Gasteiger partial charge in [-0.15, -0.1) is 0 Å². The van der Waals surface area contributed by atoms with E-state index in [1.807, 2.05) is 10.6 Å². The van der Waals surface area contributed by atoms with E-state index in [-0.39, 0.29) is 6.42 Å². The van der Waals surface area contributed by atoms with E-state index < -0.39 is 153 Å². The second kappa shape index (κ2) is 23.4. The van der Waals surface area contributed by atoms with Gasteiger partial charge < -0.3 is 68.3 Å². The van der Waals surface area contributed by atoms with Crippen LogP contribution in [0.1, 0.15) is 45.4 Å². The molecule has 0 bridgehead atoms. The van der Waals surface area contributed by atoms with Gasteiger partial charge in [0.05, 0.1) is 19.3 Å². The number of thiol groups is 1. The molecule has 0 radical (unpaired) electrons. The summed E-state index contributed by atoms with van der Waals surface area (Å²) in [5, 5.41) is 67.7. The van der Waals surface area contributed by atoms with Gasteiger partial charge in [0.25, 0.3) is 0 Å². The number of carbonyl (C=O) groups is 10. The topological polar surface area (TPSA) is 390 Å². The van der Waals surface area contributed by atoms with E-state index in [1.165, 1.54) is 0 Å².